The molecular weight excluding hydrogens is 484 g/mol. The second-order valence-corrected chi connectivity index (χ2v) is 7.74. The summed E-state index contributed by atoms with van der Waals surface area (Å²) in [6, 6.07) is 14.8. The number of nitrogens with one attached hydrogen (secondary N) is 3. The average molecular weight is 503 g/mol. The Morgan fingerprint density at radius 1 is 0.938 bits per heavy atom. The van der Waals surface area contributed by atoms with Gasteiger partial charge in [0.15, 0.2) is 6.61 Å². The van der Waals surface area contributed by atoms with Gasteiger partial charge in [0.1, 0.15) is 0 Å². The van der Waals surface area contributed by atoms with Gasteiger partial charge in [-0.25, -0.2) is 0 Å². The maximum Gasteiger partial charge on any atom is 0.311 e. The molecule has 4 amide bonds. The molecule has 0 unspecified atom stereocenters. The Kier molecular flexibility index (Phi) is 7.55. The standard InChI is InChI=1S/C21H19BrN4O6/c22-16-8-6-14(7-9-16)19(29)24-23-17(27)12-32-21(31)15-10-18(28)26(11-15)25-20(30)13-4-2-1-3-5-13/h1-9,15H,10-12H2,(H,23,27)(H,24,29)(H,25,30)/t15-/m1/s1. The van der Waals surface area contributed by atoms with Crippen LogP contribution in [-0.2, 0) is 19.1 Å². The Bertz CT molecular complexity index is 1030. The summed E-state index contributed by atoms with van der Waals surface area (Å²) in [7, 11) is 0. The van der Waals surface area contributed by atoms with Gasteiger partial charge in [0.2, 0.25) is 5.91 Å². The summed E-state index contributed by atoms with van der Waals surface area (Å²) in [6.07, 6.45) is -0.157. The molecule has 32 heavy (non-hydrogen) atoms. The second kappa shape index (κ2) is 10.5. The first kappa shape index (κ1) is 22.9. The number of ether oxygens (including phenoxy) is 1. The number of carbonyl (C=O) groups is 5. The molecule has 0 spiro atoms. The van der Waals surface area contributed by atoms with Crippen LogP contribution in [0.4, 0.5) is 0 Å². The summed E-state index contributed by atoms with van der Waals surface area (Å²) in [4.78, 5) is 60.3. The third-order valence-corrected chi connectivity index (χ3v) is 5.03. The minimum absolute atomic E-state index is 0.0713. The Hall–Kier alpha value is -3.73. The third-order valence-electron chi connectivity index (χ3n) is 4.50. The molecule has 1 atom stereocenters. The van der Waals surface area contributed by atoms with E-state index in [4.69, 9.17) is 4.74 Å². The van der Waals surface area contributed by atoms with E-state index in [0.29, 0.717) is 11.1 Å². The first-order chi connectivity index (χ1) is 15.3. The van der Waals surface area contributed by atoms with Crippen LogP contribution >= 0.6 is 15.9 Å². The first-order valence-corrected chi connectivity index (χ1v) is 10.3. The van der Waals surface area contributed by atoms with Crippen molar-refractivity contribution in [3.8, 4) is 0 Å². The zero-order chi connectivity index (χ0) is 23.1. The lowest BCUT2D eigenvalue weighted by atomic mass is 10.1. The molecule has 1 saturated heterocycles. The number of carbonyl (C=O) groups excluding carboxylic acids is 5. The topological polar surface area (TPSA) is 134 Å². The van der Waals surface area contributed by atoms with Crippen LogP contribution in [0.5, 0.6) is 0 Å². The smallest absolute Gasteiger partial charge is 0.311 e. The SMILES string of the molecule is O=C(COC(=O)[C@@H]1CC(=O)N(NC(=O)c2ccccc2)C1)NNC(=O)c1ccc(Br)cc1. The zero-order valence-electron chi connectivity index (χ0n) is 16.7. The van der Waals surface area contributed by atoms with Gasteiger partial charge in [-0.15, -0.1) is 0 Å². The van der Waals surface area contributed by atoms with Gasteiger partial charge in [-0.3, -0.25) is 45.3 Å². The fourth-order valence-electron chi connectivity index (χ4n) is 2.84. The van der Waals surface area contributed by atoms with Gasteiger partial charge in [0, 0.05) is 22.0 Å². The van der Waals surface area contributed by atoms with E-state index in [0.717, 1.165) is 9.48 Å². The highest BCUT2D eigenvalue weighted by molar-refractivity contribution is 9.10. The molecule has 1 aliphatic rings. The number of hydrogen-bond acceptors (Lipinski definition) is 6. The van der Waals surface area contributed by atoms with Crippen molar-refractivity contribution in [2.24, 2.45) is 5.92 Å². The largest absolute Gasteiger partial charge is 0.455 e. The quantitative estimate of drug-likeness (QED) is 0.397. The molecule has 11 heteroatoms. The van der Waals surface area contributed by atoms with E-state index in [1.54, 1.807) is 54.6 Å². The molecule has 0 aromatic heterocycles. The van der Waals surface area contributed by atoms with Gasteiger partial charge in [0.05, 0.1) is 12.5 Å². The summed E-state index contributed by atoms with van der Waals surface area (Å²) in [5.74, 6) is -3.80. The first-order valence-electron chi connectivity index (χ1n) is 9.51. The molecule has 0 aliphatic carbocycles. The van der Waals surface area contributed by atoms with Crippen LogP contribution in [0.25, 0.3) is 0 Å². The zero-order valence-corrected chi connectivity index (χ0v) is 18.3. The number of halogens is 1. The lowest BCUT2D eigenvalue weighted by Gasteiger charge is -2.17. The van der Waals surface area contributed by atoms with Gasteiger partial charge in [0.25, 0.3) is 17.7 Å². The van der Waals surface area contributed by atoms with Crippen LogP contribution < -0.4 is 16.3 Å². The van der Waals surface area contributed by atoms with Gasteiger partial charge >= 0.3 is 5.97 Å². The van der Waals surface area contributed by atoms with Crippen molar-refractivity contribution >= 4 is 45.5 Å². The Labute approximate surface area is 191 Å². The third kappa shape index (κ3) is 6.14. The van der Waals surface area contributed by atoms with Crippen LogP contribution in [0.1, 0.15) is 27.1 Å². The van der Waals surface area contributed by atoms with Crippen molar-refractivity contribution in [3.05, 3.63) is 70.2 Å². The van der Waals surface area contributed by atoms with Crippen LogP contribution in [0.2, 0.25) is 0 Å². The molecule has 3 rings (SSSR count). The molecule has 0 saturated carbocycles. The molecule has 0 bridgehead atoms. The van der Waals surface area contributed by atoms with E-state index >= 15 is 0 Å². The van der Waals surface area contributed by atoms with Gasteiger partial charge in [-0.2, -0.15) is 0 Å². The molecule has 3 N–H and O–H groups in total. The monoisotopic (exact) mass is 502 g/mol. The molecule has 1 heterocycles. The molecule has 10 nitrogen and oxygen atoms in total. The number of hydrazine groups is 2. The molecule has 2 aromatic carbocycles. The number of benzene rings is 2. The molecule has 2 aromatic rings. The van der Waals surface area contributed by atoms with Crippen LogP contribution in [0.3, 0.4) is 0 Å². The Morgan fingerprint density at radius 2 is 1.59 bits per heavy atom. The second-order valence-electron chi connectivity index (χ2n) is 6.83. The van der Waals surface area contributed by atoms with E-state index in [1.807, 2.05) is 0 Å². The van der Waals surface area contributed by atoms with Crippen molar-refractivity contribution in [3.63, 3.8) is 0 Å². The van der Waals surface area contributed by atoms with E-state index in [9.17, 15) is 24.0 Å². The molecule has 1 fully saturated rings. The van der Waals surface area contributed by atoms with Gasteiger partial charge < -0.3 is 4.74 Å². The van der Waals surface area contributed by atoms with E-state index in [-0.39, 0.29) is 13.0 Å². The number of amides is 4. The average Bonchev–Trinajstić information content (AvgIpc) is 3.17. The van der Waals surface area contributed by atoms with E-state index in [2.05, 4.69) is 32.2 Å². The van der Waals surface area contributed by atoms with Gasteiger partial charge in [-0.1, -0.05) is 34.1 Å². The highest BCUT2D eigenvalue weighted by Gasteiger charge is 2.36. The van der Waals surface area contributed by atoms with Crippen molar-refractivity contribution in [1.82, 2.24) is 21.3 Å². The predicted octanol–water partition coefficient (Wildman–Crippen LogP) is 0.947. The predicted molar refractivity (Wildman–Crippen MR) is 114 cm³/mol. The number of esters is 1. The fraction of sp³-hybridized carbons (Fsp3) is 0.190. The summed E-state index contributed by atoms with van der Waals surface area (Å²) >= 11 is 3.25. The minimum Gasteiger partial charge on any atom is -0.455 e. The van der Waals surface area contributed by atoms with E-state index < -0.39 is 42.1 Å². The minimum atomic E-state index is -0.830. The van der Waals surface area contributed by atoms with Crippen LogP contribution in [0, 0.1) is 5.92 Å². The maximum atomic E-state index is 12.2. The van der Waals surface area contributed by atoms with Crippen molar-refractivity contribution < 1.29 is 28.7 Å². The summed E-state index contributed by atoms with van der Waals surface area (Å²) in [5, 5.41) is 1.06. The number of hydrogen-bond donors (Lipinski definition) is 3. The molecule has 0 radical (unpaired) electrons. The van der Waals surface area contributed by atoms with Crippen molar-refractivity contribution in [2.75, 3.05) is 13.2 Å². The highest BCUT2D eigenvalue weighted by atomic mass is 79.9. The fourth-order valence-corrected chi connectivity index (χ4v) is 3.11. The number of rotatable bonds is 6. The summed E-state index contributed by atoms with van der Waals surface area (Å²) in [6.45, 7) is -0.710. The van der Waals surface area contributed by atoms with Crippen LogP contribution in [0.15, 0.2) is 59.1 Å². The van der Waals surface area contributed by atoms with E-state index in [1.165, 1.54) is 0 Å². The lowest BCUT2D eigenvalue weighted by molar-refractivity contribution is -0.152. The Morgan fingerprint density at radius 3 is 2.28 bits per heavy atom. The molecular formula is C21H19BrN4O6. The molecule has 1 aliphatic heterocycles. The summed E-state index contributed by atoms with van der Waals surface area (Å²) < 4.78 is 5.73. The normalized spacial score (nSPS) is 15.1. The van der Waals surface area contributed by atoms with Crippen molar-refractivity contribution in [1.29, 1.82) is 0 Å². The van der Waals surface area contributed by atoms with Gasteiger partial charge in [-0.05, 0) is 36.4 Å². The lowest BCUT2D eigenvalue weighted by Crippen LogP contribution is -2.44. The molecule has 166 valence electrons. The van der Waals surface area contributed by atoms with Crippen LogP contribution in [-0.4, -0.2) is 47.8 Å². The Balaban J connectivity index is 1.41. The van der Waals surface area contributed by atoms with Crippen molar-refractivity contribution in [2.45, 2.75) is 6.42 Å². The summed E-state index contributed by atoms with van der Waals surface area (Å²) in [5.41, 5.74) is 7.50. The number of nitrogens with zero attached hydrogens (tertiary/aromatic N) is 1. The maximum absolute atomic E-state index is 12.2. The highest BCUT2D eigenvalue weighted by Crippen LogP contribution is 2.18.